The Kier molecular flexibility index (Phi) is 6.90. The van der Waals surface area contributed by atoms with Crippen LogP contribution in [0.4, 0.5) is 15.8 Å². The summed E-state index contributed by atoms with van der Waals surface area (Å²) in [7, 11) is -3.64. The van der Waals surface area contributed by atoms with Crippen LogP contribution in [0.5, 0.6) is 0 Å². The van der Waals surface area contributed by atoms with Crippen LogP contribution in [-0.2, 0) is 14.6 Å². The van der Waals surface area contributed by atoms with Crippen molar-refractivity contribution >= 4 is 43.9 Å². The number of hydrogen-bond donors (Lipinski definition) is 1. The Morgan fingerprint density at radius 2 is 1.63 bits per heavy atom. The van der Waals surface area contributed by atoms with Crippen molar-refractivity contribution in [1.82, 2.24) is 9.88 Å². The molecular weight excluding hydrogens is 507 g/mol. The van der Waals surface area contributed by atoms with Crippen LogP contribution in [0.3, 0.4) is 0 Å². The molecule has 1 N–H and O–H groups in total. The Hall–Kier alpha value is -4.18. The van der Waals surface area contributed by atoms with Crippen LogP contribution < -0.4 is 9.80 Å². The predicted octanol–water partition coefficient (Wildman–Crippen LogP) is 3.71. The average molecular weight is 535 g/mol. The predicted molar refractivity (Wildman–Crippen MR) is 145 cm³/mol. The Balaban J connectivity index is 1.34. The Morgan fingerprint density at radius 1 is 0.947 bits per heavy atom. The number of fused-ring (bicyclic) bond motifs is 1. The molecule has 0 unspecified atom stereocenters. The van der Waals surface area contributed by atoms with Crippen molar-refractivity contribution in [1.29, 1.82) is 0 Å². The van der Waals surface area contributed by atoms with Gasteiger partial charge in [-0.1, -0.05) is 36.4 Å². The number of amides is 2. The van der Waals surface area contributed by atoms with Crippen LogP contribution >= 0.6 is 0 Å². The summed E-state index contributed by atoms with van der Waals surface area (Å²) in [4.78, 5) is 35.1. The Morgan fingerprint density at radius 3 is 2.34 bits per heavy atom. The molecule has 2 amide bonds. The molecule has 38 heavy (non-hydrogen) atoms. The number of para-hydroxylation sites is 2. The molecule has 196 valence electrons. The molecule has 0 saturated carbocycles. The summed E-state index contributed by atoms with van der Waals surface area (Å²) < 4.78 is 38.2. The first-order valence-electron chi connectivity index (χ1n) is 12.2. The van der Waals surface area contributed by atoms with E-state index in [1.54, 1.807) is 23.2 Å². The summed E-state index contributed by atoms with van der Waals surface area (Å²) in [5, 5.41) is 0.778. The number of aromatic amines is 1. The van der Waals surface area contributed by atoms with Gasteiger partial charge in [0.2, 0.25) is 5.91 Å². The van der Waals surface area contributed by atoms with Gasteiger partial charge < -0.3 is 14.8 Å². The summed E-state index contributed by atoms with van der Waals surface area (Å²) >= 11 is 0. The monoisotopic (exact) mass is 534 g/mol. The summed E-state index contributed by atoms with van der Waals surface area (Å²) in [5.74, 6) is -1.13. The first-order valence-corrected chi connectivity index (χ1v) is 14.1. The van der Waals surface area contributed by atoms with E-state index in [4.69, 9.17) is 0 Å². The second kappa shape index (κ2) is 10.3. The van der Waals surface area contributed by atoms with Crippen molar-refractivity contribution in [3.05, 3.63) is 90.4 Å². The van der Waals surface area contributed by atoms with E-state index < -0.39 is 15.7 Å². The van der Waals surface area contributed by atoms with Crippen molar-refractivity contribution in [2.75, 3.05) is 48.8 Å². The van der Waals surface area contributed by atoms with Crippen LogP contribution in [0.15, 0.2) is 83.9 Å². The van der Waals surface area contributed by atoms with Gasteiger partial charge in [-0.15, -0.1) is 0 Å². The minimum Gasteiger partial charge on any atom is -0.367 e. The molecule has 1 aliphatic rings. The number of carbonyl (C=O) groups is 2. The molecule has 3 aromatic carbocycles. The number of piperazine rings is 1. The molecule has 0 aliphatic carbocycles. The van der Waals surface area contributed by atoms with E-state index in [0.29, 0.717) is 43.1 Å². The number of nitrogens with one attached hydrogen (secondary N) is 1. The molecular formula is C28H27FN4O4S. The molecule has 8 nitrogen and oxygen atoms in total. The van der Waals surface area contributed by atoms with E-state index in [2.05, 4.69) is 4.98 Å². The average Bonchev–Trinajstić information content (AvgIpc) is 3.36. The van der Waals surface area contributed by atoms with Gasteiger partial charge in [-0.3, -0.25) is 14.5 Å². The zero-order chi connectivity index (χ0) is 26.9. The van der Waals surface area contributed by atoms with E-state index in [-0.39, 0.29) is 23.3 Å². The second-order valence-electron chi connectivity index (χ2n) is 9.23. The minimum atomic E-state index is -3.64. The molecule has 1 aliphatic heterocycles. The lowest BCUT2D eigenvalue weighted by molar-refractivity contribution is -0.129. The van der Waals surface area contributed by atoms with E-state index in [1.165, 1.54) is 17.0 Å². The number of anilines is 2. The summed E-state index contributed by atoms with van der Waals surface area (Å²) in [6.07, 6.45) is 2.71. The standard InChI is InChI=1S/C28H27FN4O4S/c1-38(36,37)26-17-20(29)11-12-25(26)31-13-15-32(16-14-31)27(34)19-33(21-7-3-2-4-8-21)28(35)23-18-30-24-10-6-5-9-22(23)24/h2-12,17-18,30H,13-16,19H2,1H3. The zero-order valence-corrected chi connectivity index (χ0v) is 21.6. The first kappa shape index (κ1) is 25.5. The fourth-order valence-corrected chi connectivity index (χ4v) is 5.66. The molecule has 4 aromatic rings. The van der Waals surface area contributed by atoms with E-state index in [0.717, 1.165) is 23.2 Å². The normalized spacial score (nSPS) is 14.1. The maximum Gasteiger partial charge on any atom is 0.260 e. The van der Waals surface area contributed by atoms with Crippen molar-refractivity contribution in [3.8, 4) is 0 Å². The second-order valence-corrected chi connectivity index (χ2v) is 11.2. The van der Waals surface area contributed by atoms with Crippen molar-refractivity contribution in [3.63, 3.8) is 0 Å². The van der Waals surface area contributed by atoms with Crippen LogP contribution in [0.1, 0.15) is 10.4 Å². The molecule has 5 rings (SSSR count). The zero-order valence-electron chi connectivity index (χ0n) is 20.8. The third kappa shape index (κ3) is 5.12. The van der Waals surface area contributed by atoms with Crippen molar-refractivity contribution < 1.29 is 22.4 Å². The van der Waals surface area contributed by atoms with Gasteiger partial charge in [0.1, 0.15) is 12.4 Å². The maximum atomic E-state index is 13.8. The number of rotatable bonds is 6. The number of sulfone groups is 1. The molecule has 1 fully saturated rings. The summed E-state index contributed by atoms with van der Waals surface area (Å²) in [6, 6.07) is 20.3. The Bertz CT molecular complexity index is 1600. The van der Waals surface area contributed by atoms with E-state index in [1.807, 2.05) is 47.4 Å². The molecule has 10 heteroatoms. The number of aromatic nitrogens is 1. The van der Waals surface area contributed by atoms with Crippen LogP contribution in [-0.4, -0.2) is 69.1 Å². The fraction of sp³-hybridized carbons (Fsp3) is 0.214. The van der Waals surface area contributed by atoms with Gasteiger partial charge in [-0.25, -0.2) is 12.8 Å². The first-order chi connectivity index (χ1) is 18.2. The SMILES string of the molecule is CS(=O)(=O)c1cc(F)ccc1N1CCN(C(=O)CN(C(=O)c2c[nH]c3ccccc23)c2ccccc2)CC1. The highest BCUT2D eigenvalue weighted by molar-refractivity contribution is 7.90. The Labute approximate surface area is 220 Å². The number of halogens is 1. The molecule has 1 aromatic heterocycles. The number of hydrogen-bond acceptors (Lipinski definition) is 5. The molecule has 0 bridgehead atoms. The van der Waals surface area contributed by atoms with Crippen molar-refractivity contribution in [2.45, 2.75) is 4.90 Å². The van der Waals surface area contributed by atoms with Gasteiger partial charge in [0.25, 0.3) is 5.91 Å². The third-order valence-electron chi connectivity index (χ3n) is 6.72. The highest BCUT2D eigenvalue weighted by Gasteiger charge is 2.29. The molecule has 2 heterocycles. The molecule has 0 spiro atoms. The summed E-state index contributed by atoms with van der Waals surface area (Å²) in [6.45, 7) is 1.28. The number of benzene rings is 3. The van der Waals surface area contributed by atoms with Gasteiger partial charge >= 0.3 is 0 Å². The lowest BCUT2D eigenvalue weighted by atomic mass is 10.1. The number of carbonyl (C=O) groups excluding carboxylic acids is 2. The maximum absolute atomic E-state index is 13.8. The van der Waals surface area contributed by atoms with E-state index >= 15 is 0 Å². The largest absolute Gasteiger partial charge is 0.367 e. The molecule has 1 saturated heterocycles. The van der Waals surface area contributed by atoms with Crippen LogP contribution in [0, 0.1) is 5.82 Å². The topological polar surface area (TPSA) is 93.8 Å². The highest BCUT2D eigenvalue weighted by atomic mass is 32.2. The van der Waals surface area contributed by atoms with Gasteiger partial charge in [-0.2, -0.15) is 0 Å². The van der Waals surface area contributed by atoms with Crippen molar-refractivity contribution in [2.24, 2.45) is 0 Å². The van der Waals surface area contributed by atoms with Crippen LogP contribution in [0.2, 0.25) is 0 Å². The number of H-pyrrole nitrogens is 1. The van der Waals surface area contributed by atoms with Gasteiger partial charge in [-0.05, 0) is 36.4 Å². The highest BCUT2D eigenvalue weighted by Crippen LogP contribution is 2.28. The van der Waals surface area contributed by atoms with Gasteiger partial charge in [0, 0.05) is 55.2 Å². The van der Waals surface area contributed by atoms with Gasteiger partial charge in [0.15, 0.2) is 9.84 Å². The minimum absolute atomic E-state index is 0.0724. The quantitative estimate of drug-likeness (QED) is 0.407. The fourth-order valence-electron chi connectivity index (χ4n) is 4.76. The van der Waals surface area contributed by atoms with Crippen LogP contribution in [0.25, 0.3) is 10.9 Å². The van der Waals surface area contributed by atoms with Gasteiger partial charge in [0.05, 0.1) is 16.1 Å². The molecule has 0 atom stereocenters. The molecule has 0 radical (unpaired) electrons. The van der Waals surface area contributed by atoms with E-state index in [9.17, 15) is 22.4 Å². The number of nitrogens with zero attached hydrogens (tertiary/aromatic N) is 3. The lowest BCUT2D eigenvalue weighted by Crippen LogP contribution is -2.52. The third-order valence-corrected chi connectivity index (χ3v) is 7.85. The lowest BCUT2D eigenvalue weighted by Gasteiger charge is -2.37. The smallest absolute Gasteiger partial charge is 0.260 e. The summed E-state index contributed by atoms with van der Waals surface area (Å²) in [5.41, 5.74) is 2.34.